The molecule has 26 heavy (non-hydrogen) atoms. The van der Waals surface area contributed by atoms with Gasteiger partial charge in [-0.2, -0.15) is 0 Å². The van der Waals surface area contributed by atoms with Crippen molar-refractivity contribution in [3.63, 3.8) is 0 Å². The van der Waals surface area contributed by atoms with Gasteiger partial charge in [0.25, 0.3) is 0 Å². The van der Waals surface area contributed by atoms with Gasteiger partial charge in [-0.25, -0.2) is 8.42 Å². The fourth-order valence-electron chi connectivity index (χ4n) is 4.59. The summed E-state index contributed by atoms with van der Waals surface area (Å²) in [6.07, 6.45) is 14.4. The third-order valence-corrected chi connectivity index (χ3v) is 8.64. The molecule has 0 aromatic rings. The maximum atomic E-state index is 12.3. The molecule has 4 heteroatoms. The Labute approximate surface area is 168 Å². The van der Waals surface area contributed by atoms with E-state index < -0.39 is 9.84 Å². The molecule has 2 saturated carbocycles. The summed E-state index contributed by atoms with van der Waals surface area (Å²) in [6, 6.07) is 0. The van der Waals surface area contributed by atoms with Gasteiger partial charge in [-0.05, 0) is 56.3 Å². The van der Waals surface area contributed by atoms with E-state index in [1.54, 1.807) is 0 Å². The van der Waals surface area contributed by atoms with Crippen LogP contribution in [0, 0.1) is 17.8 Å². The van der Waals surface area contributed by atoms with Crippen molar-refractivity contribution < 1.29 is 8.42 Å². The first-order valence-corrected chi connectivity index (χ1v) is 11.5. The molecule has 0 bridgehead atoms. The molecular formula is C22H48BO2S. The average Bonchev–Trinajstić information content (AvgIpc) is 2.54. The average molecular weight is 388 g/mol. The summed E-state index contributed by atoms with van der Waals surface area (Å²) in [6.45, 7) is 4.39. The highest BCUT2D eigenvalue weighted by molar-refractivity contribution is 7.92. The predicted molar refractivity (Wildman–Crippen MR) is 121 cm³/mol. The quantitative estimate of drug-likeness (QED) is 0.446. The van der Waals surface area contributed by atoms with Crippen molar-refractivity contribution in [2.75, 3.05) is 5.75 Å². The van der Waals surface area contributed by atoms with Crippen LogP contribution in [0.4, 0.5) is 0 Å². The zero-order valence-corrected chi connectivity index (χ0v) is 16.1. The highest BCUT2D eigenvalue weighted by atomic mass is 32.2. The molecule has 2 aliphatic rings. The number of hydrogen-bond donors (Lipinski definition) is 0. The Balaban J connectivity index is -0.00000132. The van der Waals surface area contributed by atoms with E-state index in [1.165, 1.54) is 38.5 Å². The van der Waals surface area contributed by atoms with E-state index in [-0.39, 0.29) is 35.9 Å². The van der Waals surface area contributed by atoms with Gasteiger partial charge in [-0.15, -0.1) is 0 Å². The fourth-order valence-corrected chi connectivity index (χ4v) is 6.60. The van der Waals surface area contributed by atoms with Gasteiger partial charge >= 0.3 is 0 Å². The van der Waals surface area contributed by atoms with Crippen molar-refractivity contribution in [3.05, 3.63) is 0 Å². The van der Waals surface area contributed by atoms with Crippen molar-refractivity contribution in [2.24, 2.45) is 17.8 Å². The number of sulfone groups is 1. The molecule has 0 heterocycles. The van der Waals surface area contributed by atoms with Gasteiger partial charge in [0.2, 0.25) is 0 Å². The van der Waals surface area contributed by atoms with E-state index in [9.17, 15) is 8.42 Å². The highest BCUT2D eigenvalue weighted by Crippen LogP contribution is 2.38. The van der Waals surface area contributed by atoms with Crippen LogP contribution in [0.1, 0.15) is 113 Å². The minimum absolute atomic E-state index is 0. The van der Waals surface area contributed by atoms with Crippen LogP contribution in [0.3, 0.4) is 0 Å². The molecule has 0 aliphatic heterocycles. The van der Waals surface area contributed by atoms with Crippen molar-refractivity contribution in [1.29, 1.82) is 0 Å². The molecule has 3 radical (unpaired) electrons. The van der Waals surface area contributed by atoms with Crippen LogP contribution < -0.4 is 0 Å². The molecule has 0 spiro atoms. The highest BCUT2D eigenvalue weighted by Gasteiger charge is 2.31. The summed E-state index contributed by atoms with van der Waals surface area (Å²) < 4.78 is 24.6. The molecule has 0 amide bonds. The van der Waals surface area contributed by atoms with Crippen LogP contribution in [0.15, 0.2) is 0 Å². The van der Waals surface area contributed by atoms with Crippen LogP contribution in [0.2, 0.25) is 0 Å². The smallest absolute Gasteiger partial charge is 0.153 e. The van der Waals surface area contributed by atoms with E-state index in [0.717, 1.165) is 56.3 Å². The molecule has 2 aliphatic carbocycles. The first kappa shape index (κ1) is 30.7. The molecule has 0 saturated heterocycles. The molecule has 2 fully saturated rings. The number of rotatable bonds is 7. The summed E-state index contributed by atoms with van der Waals surface area (Å²) >= 11 is 0. The summed E-state index contributed by atoms with van der Waals surface area (Å²) in [5.74, 6) is 3.14. The second-order valence-corrected chi connectivity index (χ2v) is 10.3. The van der Waals surface area contributed by atoms with Gasteiger partial charge in [0.1, 0.15) is 0 Å². The Morgan fingerprint density at radius 1 is 0.731 bits per heavy atom. The molecular weight excluding hydrogens is 339 g/mol. The van der Waals surface area contributed by atoms with Gasteiger partial charge in [0, 0.05) is 8.41 Å². The van der Waals surface area contributed by atoms with Crippen LogP contribution in [0.5, 0.6) is 0 Å². The van der Waals surface area contributed by atoms with E-state index in [0.29, 0.717) is 5.75 Å². The lowest BCUT2D eigenvalue weighted by atomic mass is 9.74. The molecule has 2 nitrogen and oxygen atoms in total. The molecule has 2 rings (SSSR count). The minimum Gasteiger partial charge on any atom is -0.229 e. The standard InChI is InChI=1S/C19H36O2S.3CH4.B/c1-3-5-14-22(20,21)19-12-10-18(11-13-19)15-17-8-6-16(4-2)7-9-17;;;;/h16-19H,3-15H2,1-2H3;3*1H4;. The largest absolute Gasteiger partial charge is 0.229 e. The zero-order valence-electron chi connectivity index (χ0n) is 15.3. The van der Waals surface area contributed by atoms with Crippen LogP contribution >= 0.6 is 0 Å². The first-order chi connectivity index (χ1) is 10.5. The summed E-state index contributed by atoms with van der Waals surface area (Å²) in [5, 5.41) is -0.0221. The fraction of sp³-hybridized carbons (Fsp3) is 1.00. The Hall–Kier alpha value is 0.0149. The van der Waals surface area contributed by atoms with Gasteiger partial charge in [-0.3, -0.25) is 0 Å². The van der Waals surface area contributed by atoms with Gasteiger partial charge < -0.3 is 0 Å². The lowest BCUT2D eigenvalue weighted by Gasteiger charge is -2.33. The van der Waals surface area contributed by atoms with E-state index >= 15 is 0 Å². The summed E-state index contributed by atoms with van der Waals surface area (Å²) in [7, 11) is -2.81. The van der Waals surface area contributed by atoms with Crippen LogP contribution in [0.25, 0.3) is 0 Å². The maximum Gasteiger partial charge on any atom is 0.153 e. The third-order valence-electron chi connectivity index (χ3n) is 6.29. The molecule has 0 N–H and O–H groups in total. The zero-order chi connectivity index (χ0) is 16.0. The van der Waals surface area contributed by atoms with E-state index in [1.807, 2.05) is 0 Å². The summed E-state index contributed by atoms with van der Waals surface area (Å²) in [4.78, 5) is 0. The molecule has 0 atom stereocenters. The van der Waals surface area contributed by atoms with E-state index in [4.69, 9.17) is 0 Å². The van der Waals surface area contributed by atoms with Gasteiger partial charge in [0.15, 0.2) is 9.84 Å². The molecule has 0 aromatic heterocycles. The number of unbranched alkanes of at least 4 members (excludes halogenated alkanes) is 1. The Morgan fingerprint density at radius 3 is 1.58 bits per heavy atom. The molecule has 0 aromatic carbocycles. The van der Waals surface area contributed by atoms with E-state index in [2.05, 4.69) is 13.8 Å². The lowest BCUT2D eigenvalue weighted by molar-refractivity contribution is 0.209. The first-order valence-electron chi connectivity index (χ1n) is 9.76. The number of hydrogen-bond acceptors (Lipinski definition) is 2. The Morgan fingerprint density at radius 2 is 1.15 bits per heavy atom. The van der Waals surface area contributed by atoms with Crippen LogP contribution in [-0.2, 0) is 9.84 Å². The Bertz CT molecular complexity index is 406. The van der Waals surface area contributed by atoms with Crippen molar-refractivity contribution in [2.45, 2.75) is 118 Å². The normalized spacial score (nSPS) is 28.5. The summed E-state index contributed by atoms with van der Waals surface area (Å²) in [5.41, 5.74) is 0. The van der Waals surface area contributed by atoms with Crippen molar-refractivity contribution >= 4 is 18.3 Å². The monoisotopic (exact) mass is 387 g/mol. The SMILES string of the molecule is C.C.C.CCCCS(=O)(=O)C1CCC(CC2CCC(CC)CC2)CC1.[B]. The maximum absolute atomic E-state index is 12.3. The molecule has 0 unspecified atom stereocenters. The third kappa shape index (κ3) is 9.28. The second-order valence-electron chi connectivity index (χ2n) is 7.89. The minimum atomic E-state index is -2.81. The van der Waals surface area contributed by atoms with Gasteiger partial charge in [-0.1, -0.05) is 74.7 Å². The van der Waals surface area contributed by atoms with Gasteiger partial charge in [0.05, 0.1) is 11.0 Å². The van der Waals surface area contributed by atoms with Crippen LogP contribution in [-0.4, -0.2) is 27.8 Å². The van der Waals surface area contributed by atoms with Crippen molar-refractivity contribution in [1.82, 2.24) is 0 Å². The topological polar surface area (TPSA) is 34.1 Å². The predicted octanol–water partition coefficient (Wildman–Crippen LogP) is 6.89. The molecule has 157 valence electrons. The second kappa shape index (κ2) is 15.0. The Kier molecular flexibility index (Phi) is 17.7. The van der Waals surface area contributed by atoms with Crippen molar-refractivity contribution in [3.8, 4) is 0 Å². The lowest BCUT2D eigenvalue weighted by Crippen LogP contribution is -2.30.